The SMILES string of the molecule is CC(=O)OC(CCN1C(=O)NC2C[C@H](OS(=O)(=O)c3ccc(C)cc3)CC21)C1CCCCC1. The fraction of sp³-hybridized carbons (Fsp3) is 0.667. The van der Waals surface area contributed by atoms with E-state index >= 15 is 0 Å². The largest absolute Gasteiger partial charge is 0.462 e. The summed E-state index contributed by atoms with van der Waals surface area (Å²) in [5, 5.41) is 2.98. The van der Waals surface area contributed by atoms with Crippen molar-refractivity contribution in [3.05, 3.63) is 29.8 Å². The lowest BCUT2D eigenvalue weighted by Gasteiger charge is -2.31. The van der Waals surface area contributed by atoms with E-state index < -0.39 is 16.2 Å². The standard InChI is InChI=1S/C24H34N2O6S/c1-16-8-10-20(11-9-16)33(29,30)32-19-14-21-22(15-19)26(24(28)25-21)13-12-23(31-17(2)27)18-6-4-3-5-7-18/h8-11,18-19,21-23H,3-7,12-15H2,1-2H3,(H,25,28)/t19-,21?,22?,23?/m0/s1. The van der Waals surface area contributed by atoms with Crippen LogP contribution in [0.2, 0.25) is 0 Å². The minimum Gasteiger partial charge on any atom is -0.462 e. The monoisotopic (exact) mass is 478 g/mol. The minimum absolute atomic E-state index is 0.125. The van der Waals surface area contributed by atoms with Crippen LogP contribution in [-0.2, 0) is 23.8 Å². The average molecular weight is 479 g/mol. The van der Waals surface area contributed by atoms with Gasteiger partial charge in [0.2, 0.25) is 0 Å². The summed E-state index contributed by atoms with van der Waals surface area (Å²) < 4.78 is 36.6. The van der Waals surface area contributed by atoms with Gasteiger partial charge in [-0.3, -0.25) is 8.98 Å². The normalized spacial score (nSPS) is 26.7. The Morgan fingerprint density at radius 2 is 1.85 bits per heavy atom. The Kier molecular flexibility index (Phi) is 7.28. The maximum atomic E-state index is 12.7. The van der Waals surface area contributed by atoms with Gasteiger partial charge in [0.05, 0.1) is 23.1 Å². The molecule has 0 radical (unpaired) electrons. The summed E-state index contributed by atoms with van der Waals surface area (Å²) in [5.41, 5.74) is 0.975. The van der Waals surface area contributed by atoms with Gasteiger partial charge in [0.15, 0.2) is 0 Å². The molecular weight excluding hydrogens is 444 g/mol. The highest BCUT2D eigenvalue weighted by molar-refractivity contribution is 7.86. The van der Waals surface area contributed by atoms with Gasteiger partial charge in [0.25, 0.3) is 10.1 Å². The van der Waals surface area contributed by atoms with E-state index in [1.54, 1.807) is 29.2 Å². The molecule has 33 heavy (non-hydrogen) atoms. The molecule has 2 aliphatic carbocycles. The van der Waals surface area contributed by atoms with Gasteiger partial charge >= 0.3 is 12.0 Å². The predicted octanol–water partition coefficient (Wildman–Crippen LogP) is 3.53. The maximum Gasteiger partial charge on any atom is 0.318 e. The van der Waals surface area contributed by atoms with Crippen LogP contribution in [0.15, 0.2) is 29.2 Å². The molecule has 8 nitrogen and oxygen atoms in total. The molecule has 9 heteroatoms. The zero-order chi connectivity index (χ0) is 23.6. The lowest BCUT2D eigenvalue weighted by molar-refractivity contribution is -0.150. The first-order valence-electron chi connectivity index (χ1n) is 12.0. The molecule has 3 unspecified atom stereocenters. The van der Waals surface area contributed by atoms with Crippen molar-refractivity contribution in [1.29, 1.82) is 0 Å². The summed E-state index contributed by atoms with van der Waals surface area (Å²) in [6.07, 6.45) is 6.41. The second kappa shape index (κ2) is 10.0. The zero-order valence-electron chi connectivity index (χ0n) is 19.4. The van der Waals surface area contributed by atoms with Crippen molar-refractivity contribution < 1.29 is 26.9 Å². The number of nitrogens with one attached hydrogen (secondary N) is 1. The molecule has 4 rings (SSSR count). The number of nitrogens with zero attached hydrogens (tertiary/aromatic N) is 1. The van der Waals surface area contributed by atoms with E-state index in [-0.39, 0.29) is 35.1 Å². The lowest BCUT2D eigenvalue weighted by atomic mass is 9.84. The second-order valence-electron chi connectivity index (χ2n) is 9.61. The smallest absolute Gasteiger partial charge is 0.318 e. The summed E-state index contributed by atoms with van der Waals surface area (Å²) in [5.74, 6) is 0.0494. The van der Waals surface area contributed by atoms with Crippen molar-refractivity contribution in [1.82, 2.24) is 10.2 Å². The summed E-state index contributed by atoms with van der Waals surface area (Å²) >= 11 is 0. The molecule has 3 fully saturated rings. The molecule has 1 aromatic carbocycles. The van der Waals surface area contributed by atoms with E-state index in [0.717, 1.165) is 31.2 Å². The van der Waals surface area contributed by atoms with Crippen LogP contribution in [-0.4, -0.2) is 56.2 Å². The third-order valence-electron chi connectivity index (χ3n) is 7.18. The van der Waals surface area contributed by atoms with E-state index in [1.165, 1.54) is 13.3 Å². The number of benzene rings is 1. The van der Waals surface area contributed by atoms with Crippen LogP contribution >= 0.6 is 0 Å². The molecule has 3 aliphatic rings. The van der Waals surface area contributed by atoms with Crippen molar-refractivity contribution in [3.8, 4) is 0 Å². The Balaban J connectivity index is 1.37. The number of carbonyl (C=O) groups excluding carboxylic acids is 2. The van der Waals surface area contributed by atoms with Crippen molar-refractivity contribution >= 4 is 22.1 Å². The fourth-order valence-electron chi connectivity index (χ4n) is 5.52. The molecule has 182 valence electrons. The lowest BCUT2D eigenvalue weighted by Crippen LogP contribution is -2.39. The highest BCUT2D eigenvalue weighted by Crippen LogP contribution is 2.35. The first kappa shape index (κ1) is 24.0. The van der Waals surface area contributed by atoms with E-state index in [4.69, 9.17) is 8.92 Å². The number of fused-ring (bicyclic) bond motifs is 1. The number of hydrogen-bond acceptors (Lipinski definition) is 6. The maximum absolute atomic E-state index is 12.7. The van der Waals surface area contributed by atoms with Crippen LogP contribution in [0.5, 0.6) is 0 Å². The predicted molar refractivity (Wildman–Crippen MR) is 122 cm³/mol. The highest BCUT2D eigenvalue weighted by Gasteiger charge is 2.47. The van der Waals surface area contributed by atoms with Crippen LogP contribution in [0, 0.1) is 12.8 Å². The molecular formula is C24H34N2O6S. The Labute approximate surface area is 196 Å². The molecule has 4 atom stereocenters. The van der Waals surface area contributed by atoms with Crippen LogP contribution < -0.4 is 5.32 Å². The summed E-state index contributed by atoms with van der Waals surface area (Å²) in [6.45, 7) is 3.80. The summed E-state index contributed by atoms with van der Waals surface area (Å²) in [7, 11) is -3.86. The van der Waals surface area contributed by atoms with Gasteiger partial charge in [-0.05, 0) is 50.7 Å². The van der Waals surface area contributed by atoms with Crippen molar-refractivity contribution in [2.75, 3.05) is 6.54 Å². The third-order valence-corrected chi connectivity index (χ3v) is 8.55. The molecule has 1 aliphatic heterocycles. The van der Waals surface area contributed by atoms with Crippen molar-refractivity contribution in [2.24, 2.45) is 5.92 Å². The molecule has 1 saturated heterocycles. The minimum atomic E-state index is -3.86. The molecule has 1 N–H and O–H groups in total. The summed E-state index contributed by atoms with van der Waals surface area (Å²) in [6, 6.07) is 6.18. The Bertz CT molecular complexity index is 958. The van der Waals surface area contributed by atoms with Gasteiger partial charge in [-0.25, -0.2) is 4.79 Å². The quantitative estimate of drug-likeness (QED) is 0.453. The van der Waals surface area contributed by atoms with Crippen LogP contribution in [0.25, 0.3) is 0 Å². The summed E-state index contributed by atoms with van der Waals surface area (Å²) in [4.78, 5) is 26.2. The van der Waals surface area contributed by atoms with Crippen molar-refractivity contribution in [3.63, 3.8) is 0 Å². The number of hydrogen-bond donors (Lipinski definition) is 1. The highest BCUT2D eigenvalue weighted by atomic mass is 32.2. The first-order valence-corrected chi connectivity index (χ1v) is 13.4. The Hall–Kier alpha value is -2.13. The number of ether oxygens (including phenoxy) is 1. The van der Waals surface area contributed by atoms with Gasteiger partial charge in [-0.2, -0.15) is 8.42 Å². The van der Waals surface area contributed by atoms with E-state index in [1.807, 2.05) is 6.92 Å². The van der Waals surface area contributed by atoms with E-state index in [9.17, 15) is 18.0 Å². The molecule has 2 saturated carbocycles. The Morgan fingerprint density at radius 3 is 2.52 bits per heavy atom. The van der Waals surface area contributed by atoms with Crippen LogP contribution in [0.3, 0.4) is 0 Å². The van der Waals surface area contributed by atoms with Crippen molar-refractivity contribution in [2.45, 2.75) is 94.4 Å². The third kappa shape index (κ3) is 5.69. The second-order valence-corrected chi connectivity index (χ2v) is 11.2. The molecule has 0 bridgehead atoms. The topological polar surface area (TPSA) is 102 Å². The molecule has 0 spiro atoms. The molecule has 1 heterocycles. The number of rotatable bonds is 8. The van der Waals surface area contributed by atoms with Gasteiger partial charge in [-0.15, -0.1) is 0 Å². The number of amides is 2. The van der Waals surface area contributed by atoms with Gasteiger partial charge in [0.1, 0.15) is 6.10 Å². The van der Waals surface area contributed by atoms with Crippen LogP contribution in [0.4, 0.5) is 4.79 Å². The first-order chi connectivity index (χ1) is 15.7. The molecule has 1 aromatic rings. The molecule has 0 aromatic heterocycles. The average Bonchev–Trinajstić information content (AvgIpc) is 3.27. The van der Waals surface area contributed by atoms with Gasteiger partial charge in [0, 0.05) is 19.9 Å². The number of esters is 1. The van der Waals surface area contributed by atoms with Gasteiger partial charge in [-0.1, -0.05) is 37.0 Å². The van der Waals surface area contributed by atoms with E-state index in [0.29, 0.717) is 31.7 Å². The number of urea groups is 1. The molecule has 2 amide bonds. The van der Waals surface area contributed by atoms with Crippen LogP contribution in [0.1, 0.15) is 63.9 Å². The van der Waals surface area contributed by atoms with Gasteiger partial charge < -0.3 is 15.0 Å². The number of carbonyl (C=O) groups is 2. The number of aryl methyl sites for hydroxylation is 1. The fourth-order valence-corrected chi connectivity index (χ4v) is 6.62. The Morgan fingerprint density at radius 1 is 1.15 bits per heavy atom. The van der Waals surface area contributed by atoms with E-state index in [2.05, 4.69) is 5.32 Å². The zero-order valence-corrected chi connectivity index (χ0v) is 20.2.